The Morgan fingerprint density at radius 2 is 1.07 bits per heavy atom. The number of carbonyl (C=O) groups excluding carboxylic acids is 5. The second-order valence-electron chi connectivity index (χ2n) is 19.5. The van der Waals surface area contributed by atoms with Crippen LogP contribution >= 0.6 is 0 Å². The standard InChI is InChI=1S/C27H29BN4O3.C21H25BN2O5.C6H7N.C2H6O.H3N/c1-18-13-19(2)15-21(14-18)26(34)31(27(3,4)5)30-25(33)20-11-12-24-22(16-20)17-29-32(28(24)35)23-9-7-6-8-10-23;1-13-8-14(2)10-16(9-13)20(27)24(21(3,4)5)23-19(26)15-6-7-18(22(28)29)17(11-15)12-25;7-6-4-2-1-3-5-6;1-2-3;/h6-17,35H,1-5H3,(H,30,33);6-12,28-29H,1-5H3,(H,23,26);1-5H,7H2;3H,2H2,1H3;1H3. The maximum atomic E-state index is 13.4. The fourth-order valence-corrected chi connectivity index (χ4v) is 7.51. The smallest absolute Gasteiger partial charge is 0.427 e. The van der Waals surface area contributed by atoms with Crippen molar-refractivity contribution in [2.45, 2.75) is 87.2 Å². The lowest BCUT2D eigenvalue weighted by Gasteiger charge is -2.35. The SMILES string of the molecule is CCO.Cc1cc(C)cc(C(=O)N(NC(=O)c2ccc(B(O)O)c(C=O)c2)C(C)(C)C)c1.Cc1cc(C)cc(C(=O)N(NC(=O)c2ccc3c(c2)C=NN(c2ccccc2)B3O)C(C)(C)C)c1.N.Nc1ccccc1. The number of anilines is 2. The number of aryl methyl sites for hydroxylation is 4. The minimum Gasteiger partial charge on any atom is -0.427 e. The summed E-state index contributed by atoms with van der Waals surface area (Å²) < 4.78 is 0. The van der Waals surface area contributed by atoms with Crippen molar-refractivity contribution < 1.29 is 44.2 Å². The number of nitrogens with two attached hydrogens (primary N) is 1. The summed E-state index contributed by atoms with van der Waals surface area (Å²) in [5.74, 6) is -1.67. The van der Waals surface area contributed by atoms with Crippen LogP contribution in [0.15, 0.2) is 139 Å². The molecule has 1 aliphatic rings. The fourth-order valence-electron chi connectivity index (χ4n) is 7.51. The Hall–Kier alpha value is -7.93. The van der Waals surface area contributed by atoms with E-state index in [0.717, 1.165) is 33.6 Å². The molecule has 19 heteroatoms. The molecule has 17 nitrogen and oxygen atoms in total. The lowest BCUT2D eigenvalue weighted by molar-refractivity contribution is 0.0357. The molecule has 0 fully saturated rings. The van der Waals surface area contributed by atoms with Gasteiger partial charge < -0.3 is 32.1 Å². The summed E-state index contributed by atoms with van der Waals surface area (Å²) in [5.41, 5.74) is 17.5. The lowest BCUT2D eigenvalue weighted by Crippen LogP contribution is -2.56. The van der Waals surface area contributed by atoms with Gasteiger partial charge in [-0.1, -0.05) is 82.9 Å². The van der Waals surface area contributed by atoms with Crippen LogP contribution < -0.4 is 38.6 Å². The van der Waals surface area contributed by atoms with E-state index in [1.54, 1.807) is 64.2 Å². The van der Waals surface area contributed by atoms with Crippen LogP contribution in [-0.4, -0.2) is 98.2 Å². The van der Waals surface area contributed by atoms with Gasteiger partial charge in [0, 0.05) is 45.8 Å². The number of hydrogen-bond donors (Lipinski definition) is 8. The number of hydrazone groups is 1. The summed E-state index contributed by atoms with van der Waals surface area (Å²) in [6, 6.07) is 38.9. The van der Waals surface area contributed by atoms with Gasteiger partial charge in [0.1, 0.15) is 6.29 Å². The average molecular weight is 1020 g/mol. The van der Waals surface area contributed by atoms with E-state index in [0.29, 0.717) is 34.0 Å². The topological polar surface area (TPSA) is 273 Å². The molecule has 0 bridgehead atoms. The molecule has 75 heavy (non-hydrogen) atoms. The van der Waals surface area contributed by atoms with Crippen LogP contribution in [0.1, 0.15) is 128 Å². The highest BCUT2D eigenvalue weighted by molar-refractivity contribution is 6.71. The van der Waals surface area contributed by atoms with E-state index in [2.05, 4.69) is 16.0 Å². The minimum atomic E-state index is -1.83. The highest BCUT2D eigenvalue weighted by Crippen LogP contribution is 2.22. The van der Waals surface area contributed by atoms with Crippen molar-refractivity contribution in [2.75, 3.05) is 17.3 Å². The lowest BCUT2D eigenvalue weighted by atomic mass is 9.69. The number of carbonyl (C=O) groups is 5. The van der Waals surface area contributed by atoms with Crippen molar-refractivity contribution >= 4 is 72.6 Å². The van der Waals surface area contributed by atoms with Gasteiger partial charge >= 0.3 is 14.2 Å². The molecule has 7 rings (SSSR count). The van der Waals surface area contributed by atoms with E-state index < -0.39 is 37.1 Å². The number of aliphatic hydroxyl groups excluding tert-OH is 1. The largest absolute Gasteiger partial charge is 0.489 e. The molecule has 4 amide bonds. The summed E-state index contributed by atoms with van der Waals surface area (Å²) in [7, 11) is -2.81. The van der Waals surface area contributed by atoms with Gasteiger partial charge in [0.25, 0.3) is 23.6 Å². The second-order valence-corrected chi connectivity index (χ2v) is 19.5. The highest BCUT2D eigenvalue weighted by Gasteiger charge is 2.34. The summed E-state index contributed by atoms with van der Waals surface area (Å²) >= 11 is 0. The molecule has 0 saturated heterocycles. The highest BCUT2D eigenvalue weighted by atomic mass is 16.4. The van der Waals surface area contributed by atoms with Crippen molar-refractivity contribution in [3.05, 3.63) is 189 Å². The average Bonchev–Trinajstić information content (AvgIpc) is 3.34. The molecule has 11 N–H and O–H groups in total. The first-order valence-electron chi connectivity index (χ1n) is 23.8. The molecule has 0 saturated carbocycles. The van der Waals surface area contributed by atoms with E-state index in [4.69, 9.17) is 10.8 Å². The number of rotatable bonds is 7. The van der Waals surface area contributed by atoms with Crippen LogP contribution in [0.25, 0.3) is 0 Å². The van der Waals surface area contributed by atoms with Gasteiger partial charge in [0.2, 0.25) is 0 Å². The molecular weight excluding hydrogens is 950 g/mol. The van der Waals surface area contributed by atoms with Gasteiger partial charge in [-0.2, -0.15) is 5.10 Å². The summed E-state index contributed by atoms with van der Waals surface area (Å²) in [5, 5.41) is 44.0. The third-order valence-corrected chi connectivity index (χ3v) is 10.9. The number of amides is 4. The number of aliphatic hydroxyl groups is 1. The number of nitrogen functional groups attached to an aromatic ring is 1. The van der Waals surface area contributed by atoms with Crippen molar-refractivity contribution in [2.24, 2.45) is 5.10 Å². The third kappa shape index (κ3) is 17.3. The summed E-state index contributed by atoms with van der Waals surface area (Å²) in [6.07, 6.45) is 2.06. The van der Waals surface area contributed by atoms with Crippen LogP contribution in [0.5, 0.6) is 0 Å². The van der Waals surface area contributed by atoms with Gasteiger partial charge in [0.05, 0.1) is 17.3 Å². The molecule has 0 spiro atoms. The van der Waals surface area contributed by atoms with Crippen molar-refractivity contribution in [1.82, 2.24) is 27.0 Å². The van der Waals surface area contributed by atoms with Crippen molar-refractivity contribution in [3.63, 3.8) is 0 Å². The first kappa shape index (κ1) is 61.4. The number of fused-ring (bicyclic) bond motifs is 1. The maximum absolute atomic E-state index is 13.4. The van der Waals surface area contributed by atoms with Gasteiger partial charge in [-0.15, -0.1) is 0 Å². The zero-order chi connectivity index (χ0) is 55.1. The molecule has 0 aromatic heterocycles. The number of para-hydroxylation sites is 2. The normalized spacial score (nSPS) is 11.3. The predicted molar refractivity (Wildman–Crippen MR) is 299 cm³/mol. The number of benzene rings is 6. The molecule has 6 aromatic carbocycles. The number of nitrogens with zero attached hydrogens (tertiary/aromatic N) is 4. The van der Waals surface area contributed by atoms with Crippen LogP contribution in [0, 0.1) is 27.7 Å². The number of hydrazine groups is 2. The molecule has 6 aromatic rings. The van der Waals surface area contributed by atoms with E-state index in [1.165, 1.54) is 33.1 Å². The van der Waals surface area contributed by atoms with Gasteiger partial charge in [0.15, 0.2) is 0 Å². The minimum absolute atomic E-state index is 0. The van der Waals surface area contributed by atoms with Crippen LogP contribution in [0.3, 0.4) is 0 Å². The first-order valence-corrected chi connectivity index (χ1v) is 23.8. The van der Waals surface area contributed by atoms with Crippen LogP contribution in [0.2, 0.25) is 0 Å². The number of aldehydes is 1. The zero-order valence-electron chi connectivity index (χ0n) is 44.6. The van der Waals surface area contributed by atoms with E-state index in [9.17, 15) is 39.0 Å². The quantitative estimate of drug-likeness (QED) is 0.0382. The second kappa shape index (κ2) is 27.4. The zero-order valence-corrected chi connectivity index (χ0v) is 44.6. The predicted octanol–water partition coefficient (Wildman–Crippen LogP) is 6.24. The molecular formula is C56H70B2N8O9. The molecule has 1 heterocycles. The number of hydrogen-bond acceptors (Lipinski definition) is 13. The van der Waals surface area contributed by atoms with Gasteiger partial charge in [-0.05, 0) is 165 Å². The Balaban J connectivity index is 0.000000334. The molecule has 0 aliphatic carbocycles. The summed E-state index contributed by atoms with van der Waals surface area (Å²) in [4.78, 5) is 65.2. The van der Waals surface area contributed by atoms with Crippen LogP contribution in [-0.2, 0) is 0 Å². The molecule has 0 atom stereocenters. The number of nitrogens with one attached hydrogen (secondary N) is 2. The van der Waals surface area contributed by atoms with Gasteiger partial charge in [-0.3, -0.25) is 39.7 Å². The first-order chi connectivity index (χ1) is 34.8. The van der Waals surface area contributed by atoms with E-state index in [1.807, 2.05) is 133 Å². The summed E-state index contributed by atoms with van der Waals surface area (Å²) in [6.45, 7) is 20.5. The van der Waals surface area contributed by atoms with Crippen molar-refractivity contribution in [1.29, 1.82) is 0 Å². The Morgan fingerprint density at radius 1 is 0.653 bits per heavy atom. The fraction of sp³-hybridized carbons (Fsp3) is 0.250. The van der Waals surface area contributed by atoms with Crippen molar-refractivity contribution in [3.8, 4) is 0 Å². The Kier molecular flexibility index (Phi) is 22.4. The molecule has 0 unspecified atom stereocenters. The third-order valence-electron chi connectivity index (χ3n) is 10.9. The Labute approximate surface area is 440 Å². The van der Waals surface area contributed by atoms with Crippen LogP contribution in [0.4, 0.5) is 11.4 Å². The van der Waals surface area contributed by atoms with E-state index >= 15 is 0 Å². The van der Waals surface area contributed by atoms with E-state index in [-0.39, 0.29) is 41.2 Å². The Bertz CT molecular complexity index is 2910. The monoisotopic (exact) mass is 1020 g/mol. The molecule has 394 valence electrons. The van der Waals surface area contributed by atoms with Gasteiger partial charge in [-0.25, -0.2) is 10.0 Å². The maximum Gasteiger partial charge on any atom is 0.489 e. The molecule has 1 aliphatic heterocycles. The Morgan fingerprint density at radius 3 is 1.45 bits per heavy atom. The molecule has 0 radical (unpaired) electrons.